The Bertz CT molecular complexity index is 1420. The van der Waals surface area contributed by atoms with E-state index in [1.54, 1.807) is 24.5 Å². The fourth-order valence-corrected chi connectivity index (χ4v) is 3.67. The Morgan fingerprint density at radius 1 is 1.18 bits per heavy atom. The van der Waals surface area contributed by atoms with E-state index in [2.05, 4.69) is 10.3 Å². The fourth-order valence-electron chi connectivity index (χ4n) is 3.44. The van der Waals surface area contributed by atoms with Crippen molar-refractivity contribution in [2.75, 3.05) is 13.2 Å². The summed E-state index contributed by atoms with van der Waals surface area (Å²) < 4.78 is 5.66. The van der Waals surface area contributed by atoms with E-state index in [-0.39, 0.29) is 40.8 Å². The van der Waals surface area contributed by atoms with Crippen molar-refractivity contribution < 1.29 is 29.2 Å². The molecule has 0 aliphatic carbocycles. The van der Waals surface area contributed by atoms with Gasteiger partial charge in [0, 0.05) is 52.8 Å². The Balaban J connectivity index is 1.84. The Hall–Kier alpha value is -5.04. The van der Waals surface area contributed by atoms with Crippen molar-refractivity contribution in [2.45, 2.75) is 13.1 Å². The van der Waals surface area contributed by atoms with Crippen molar-refractivity contribution in [3.63, 3.8) is 0 Å². The number of nitrogen functional groups attached to an aromatic ring is 1. The molecular weight excluding hydrogens is 532 g/mol. The fraction of sp³-hybridized carbons (Fsp3) is 0.160. The van der Waals surface area contributed by atoms with E-state index in [9.17, 15) is 29.6 Å². The highest BCUT2D eigenvalue weighted by molar-refractivity contribution is 6.31. The average Bonchev–Trinajstić information content (AvgIpc) is 2.90. The Morgan fingerprint density at radius 3 is 2.59 bits per heavy atom. The van der Waals surface area contributed by atoms with Gasteiger partial charge in [0.25, 0.3) is 17.5 Å². The molecule has 2 amide bonds. The molecule has 0 atom stereocenters. The van der Waals surface area contributed by atoms with E-state index in [1.165, 1.54) is 24.3 Å². The second-order valence-electron chi connectivity index (χ2n) is 8.17. The zero-order chi connectivity index (χ0) is 28.5. The predicted octanol–water partition coefficient (Wildman–Crippen LogP) is 2.35. The molecule has 2 aromatic carbocycles. The quantitative estimate of drug-likeness (QED) is 0.112. The van der Waals surface area contributed by atoms with Crippen molar-refractivity contribution in [2.24, 2.45) is 5.73 Å². The third kappa shape index (κ3) is 8.23. The topological polar surface area (TPSA) is 202 Å². The lowest BCUT2D eigenvalue weighted by Crippen LogP contribution is -2.35. The van der Waals surface area contributed by atoms with Crippen LogP contribution in [0.5, 0.6) is 5.75 Å². The number of hydrogen-bond acceptors (Lipinski definition) is 8. The van der Waals surface area contributed by atoms with Gasteiger partial charge in [-0.1, -0.05) is 29.8 Å². The van der Waals surface area contributed by atoms with Crippen molar-refractivity contribution >= 4 is 40.9 Å². The molecule has 3 rings (SSSR count). The number of nitro benzene ring substituents is 1. The largest absolute Gasteiger partial charge is 0.483 e. The van der Waals surface area contributed by atoms with Crippen LogP contribution < -0.4 is 15.8 Å². The standard InChI is InChI=1S/C25H23ClN6O7/c26-19-6-18(7-20(9-19)32(37)38)25(36)31(13-23(34)35)12-17-4-3-16(24(27)28)8-21(17)39-14-22(33)30-11-15-2-1-5-29-10-15/h1-10H,11-14H2,(H3,27,28)(H,30,33)(H,34,35). The van der Waals surface area contributed by atoms with Crippen molar-refractivity contribution in [1.29, 1.82) is 5.41 Å². The highest BCUT2D eigenvalue weighted by Gasteiger charge is 2.23. The van der Waals surface area contributed by atoms with Gasteiger partial charge in [-0.25, -0.2) is 0 Å². The van der Waals surface area contributed by atoms with Gasteiger partial charge < -0.3 is 25.8 Å². The Kier molecular flexibility index (Phi) is 9.48. The number of rotatable bonds is 12. The van der Waals surface area contributed by atoms with Gasteiger partial charge in [0.2, 0.25) is 0 Å². The number of nitrogens with two attached hydrogens (primary N) is 1. The van der Waals surface area contributed by atoms with Gasteiger partial charge in [0.05, 0.1) is 11.5 Å². The number of pyridine rings is 1. The van der Waals surface area contributed by atoms with E-state index >= 15 is 0 Å². The van der Waals surface area contributed by atoms with Gasteiger partial charge in [0.15, 0.2) is 6.61 Å². The van der Waals surface area contributed by atoms with Gasteiger partial charge in [-0.3, -0.25) is 34.9 Å². The van der Waals surface area contributed by atoms with Gasteiger partial charge in [0.1, 0.15) is 18.1 Å². The number of aliphatic carboxylic acids is 1. The minimum absolute atomic E-state index is 0.0741. The number of carboxylic acid groups (broad SMARTS) is 1. The molecule has 0 saturated heterocycles. The summed E-state index contributed by atoms with van der Waals surface area (Å²) in [4.78, 5) is 52.5. The van der Waals surface area contributed by atoms with Crippen LogP contribution in [0.2, 0.25) is 5.02 Å². The molecule has 5 N–H and O–H groups in total. The summed E-state index contributed by atoms with van der Waals surface area (Å²) in [5.74, 6) is -2.84. The van der Waals surface area contributed by atoms with Crippen LogP contribution in [0.15, 0.2) is 60.9 Å². The van der Waals surface area contributed by atoms with Gasteiger partial charge in [-0.15, -0.1) is 0 Å². The van der Waals surface area contributed by atoms with Crippen molar-refractivity contribution in [3.8, 4) is 5.75 Å². The maximum Gasteiger partial charge on any atom is 0.323 e. The number of nitrogens with one attached hydrogen (secondary N) is 2. The molecule has 0 spiro atoms. The van der Waals surface area contributed by atoms with Crippen LogP contribution in [-0.4, -0.2) is 56.7 Å². The third-order valence-electron chi connectivity index (χ3n) is 5.26. The zero-order valence-electron chi connectivity index (χ0n) is 20.3. The minimum atomic E-state index is -1.34. The minimum Gasteiger partial charge on any atom is -0.483 e. The number of nitrogens with zero attached hydrogens (tertiary/aromatic N) is 3. The summed E-state index contributed by atoms with van der Waals surface area (Å²) in [6.45, 7) is -1.28. The molecule has 13 nitrogen and oxygen atoms in total. The van der Waals surface area contributed by atoms with Crippen LogP contribution in [-0.2, 0) is 22.7 Å². The molecule has 1 heterocycles. The van der Waals surface area contributed by atoms with E-state index in [4.69, 9.17) is 27.5 Å². The van der Waals surface area contributed by atoms with Crippen LogP contribution >= 0.6 is 11.6 Å². The van der Waals surface area contributed by atoms with Crippen LogP contribution in [0.3, 0.4) is 0 Å². The molecule has 14 heteroatoms. The highest BCUT2D eigenvalue weighted by Crippen LogP contribution is 2.25. The normalized spacial score (nSPS) is 10.4. The number of carboxylic acids is 1. The molecule has 0 radical (unpaired) electrons. The van der Waals surface area contributed by atoms with Crippen LogP contribution in [0.25, 0.3) is 0 Å². The third-order valence-corrected chi connectivity index (χ3v) is 5.48. The molecule has 1 aromatic heterocycles. The van der Waals surface area contributed by atoms with Crippen LogP contribution in [0, 0.1) is 15.5 Å². The maximum atomic E-state index is 13.2. The molecule has 0 aliphatic heterocycles. The first-order chi connectivity index (χ1) is 18.5. The molecule has 202 valence electrons. The molecule has 0 unspecified atom stereocenters. The number of hydrogen-bond donors (Lipinski definition) is 4. The smallest absolute Gasteiger partial charge is 0.323 e. The van der Waals surface area contributed by atoms with Gasteiger partial charge in [-0.05, 0) is 23.8 Å². The lowest BCUT2D eigenvalue weighted by Gasteiger charge is -2.23. The van der Waals surface area contributed by atoms with Gasteiger partial charge >= 0.3 is 5.97 Å². The van der Waals surface area contributed by atoms with E-state index in [0.29, 0.717) is 5.56 Å². The molecule has 3 aromatic rings. The number of carbonyl (C=O) groups excluding carboxylic acids is 2. The molecule has 39 heavy (non-hydrogen) atoms. The monoisotopic (exact) mass is 554 g/mol. The molecule has 0 bridgehead atoms. The summed E-state index contributed by atoms with van der Waals surface area (Å²) >= 11 is 5.93. The first kappa shape index (κ1) is 28.5. The summed E-state index contributed by atoms with van der Waals surface area (Å²) in [6, 6.07) is 11.1. The number of ether oxygens (including phenoxy) is 1. The van der Waals surface area contributed by atoms with Crippen molar-refractivity contribution in [3.05, 3.63) is 98.3 Å². The Morgan fingerprint density at radius 2 is 1.95 bits per heavy atom. The number of non-ortho nitro benzene ring substituents is 1. The number of halogens is 1. The van der Waals surface area contributed by atoms with Crippen LogP contribution in [0.1, 0.15) is 27.0 Å². The lowest BCUT2D eigenvalue weighted by molar-refractivity contribution is -0.384. The van der Waals surface area contributed by atoms with Crippen LogP contribution in [0.4, 0.5) is 5.69 Å². The lowest BCUT2D eigenvalue weighted by atomic mass is 10.1. The first-order valence-electron chi connectivity index (χ1n) is 11.2. The summed E-state index contributed by atoms with van der Waals surface area (Å²) in [5, 5.41) is 30.9. The second kappa shape index (κ2) is 13.0. The molecule has 0 aliphatic rings. The number of amides is 2. The number of amidine groups is 1. The number of carbonyl (C=O) groups is 3. The number of nitro groups is 1. The summed E-state index contributed by atoms with van der Waals surface area (Å²) in [5.41, 5.74) is 6.29. The highest BCUT2D eigenvalue weighted by atomic mass is 35.5. The SMILES string of the molecule is N=C(N)c1ccc(CN(CC(=O)O)C(=O)c2cc(Cl)cc([N+](=O)[O-])c2)c(OCC(=O)NCc2cccnc2)c1. The second-order valence-corrected chi connectivity index (χ2v) is 8.61. The summed E-state index contributed by atoms with van der Waals surface area (Å²) in [6.07, 6.45) is 3.20. The molecular formula is C25H23ClN6O7. The first-order valence-corrected chi connectivity index (χ1v) is 11.6. The zero-order valence-corrected chi connectivity index (χ0v) is 21.1. The number of aromatic nitrogens is 1. The van der Waals surface area contributed by atoms with E-state index in [1.807, 2.05) is 0 Å². The average molecular weight is 555 g/mol. The molecule has 0 fully saturated rings. The van der Waals surface area contributed by atoms with Gasteiger partial charge in [-0.2, -0.15) is 0 Å². The van der Waals surface area contributed by atoms with E-state index in [0.717, 1.165) is 22.6 Å². The summed E-state index contributed by atoms with van der Waals surface area (Å²) in [7, 11) is 0. The number of benzene rings is 2. The predicted molar refractivity (Wildman–Crippen MR) is 140 cm³/mol. The Labute approximate surface area is 226 Å². The van der Waals surface area contributed by atoms with Crippen molar-refractivity contribution in [1.82, 2.24) is 15.2 Å². The maximum absolute atomic E-state index is 13.2. The van der Waals surface area contributed by atoms with E-state index < -0.39 is 41.5 Å². The molecule has 0 saturated carbocycles.